The number of carboxylic acids is 1. The maximum Gasteiger partial charge on any atom is 0.366 e. The van der Waals surface area contributed by atoms with Gasteiger partial charge >= 0.3 is 11.7 Å². The van der Waals surface area contributed by atoms with Crippen LogP contribution in [0.2, 0.25) is 0 Å². The Balaban J connectivity index is 1.39. The standard InChI is InChI=1S/C15H17N9O5S2/c16-24-2-1-9(19-14(24)29)30-5-15(13(27)28)4-23-11(26)10(12(23)31-6-15)18-8(25)3-22-7-17-20-21-22/h1-2,7,10,12H,3-6,16H2,(H,18,25)(H,27,28)/t10-,12-,15?/m1/s1. The van der Waals surface area contributed by atoms with E-state index >= 15 is 0 Å². The number of carbonyl (C=O) groups excluding carboxylic acids is 2. The molecule has 1 unspecified atom stereocenters. The lowest BCUT2D eigenvalue weighted by Gasteiger charge is -2.53. The molecule has 4 heterocycles. The highest BCUT2D eigenvalue weighted by Gasteiger charge is 2.57. The van der Waals surface area contributed by atoms with Crippen LogP contribution in [0.4, 0.5) is 0 Å². The van der Waals surface area contributed by atoms with Gasteiger partial charge in [0.25, 0.3) is 0 Å². The van der Waals surface area contributed by atoms with Crippen LogP contribution in [-0.2, 0) is 20.9 Å². The molecule has 4 N–H and O–H groups in total. The van der Waals surface area contributed by atoms with Crippen LogP contribution in [0.25, 0.3) is 0 Å². The highest BCUT2D eigenvalue weighted by molar-refractivity contribution is 8.00. The van der Waals surface area contributed by atoms with Crippen LogP contribution < -0.4 is 16.8 Å². The Morgan fingerprint density at radius 2 is 2.23 bits per heavy atom. The van der Waals surface area contributed by atoms with Gasteiger partial charge in [0, 0.05) is 24.2 Å². The number of carbonyl (C=O) groups is 3. The fraction of sp³-hybridized carbons (Fsp3) is 0.467. The molecule has 0 bridgehead atoms. The minimum absolute atomic E-state index is 0.000839. The van der Waals surface area contributed by atoms with Crippen molar-refractivity contribution in [2.24, 2.45) is 5.41 Å². The van der Waals surface area contributed by atoms with Crippen LogP contribution in [0.15, 0.2) is 28.4 Å². The molecule has 4 rings (SSSR count). The molecular formula is C15H17N9O5S2. The topological polar surface area (TPSA) is 191 Å². The Kier molecular flexibility index (Phi) is 5.57. The molecule has 31 heavy (non-hydrogen) atoms. The first-order chi connectivity index (χ1) is 14.8. The number of β-lactam (4-membered cyclic amide) rings is 1. The fourth-order valence-corrected chi connectivity index (χ4v) is 5.93. The van der Waals surface area contributed by atoms with Crippen LogP contribution in [0.5, 0.6) is 0 Å². The third-order valence-corrected chi connectivity index (χ3v) is 7.72. The van der Waals surface area contributed by atoms with E-state index in [1.165, 1.54) is 39.9 Å². The van der Waals surface area contributed by atoms with E-state index in [1.54, 1.807) is 0 Å². The van der Waals surface area contributed by atoms with Gasteiger partial charge in [0.2, 0.25) is 11.8 Å². The summed E-state index contributed by atoms with van der Waals surface area (Å²) in [6.07, 6.45) is 2.63. The second kappa shape index (κ2) is 8.18. The molecule has 2 fully saturated rings. The third kappa shape index (κ3) is 4.07. The highest BCUT2D eigenvalue weighted by atomic mass is 32.2. The van der Waals surface area contributed by atoms with Crippen LogP contribution >= 0.6 is 23.5 Å². The zero-order valence-corrected chi connectivity index (χ0v) is 17.5. The van der Waals surface area contributed by atoms with Crippen molar-refractivity contribution in [3.05, 3.63) is 29.1 Å². The number of hydrogen-bond acceptors (Lipinski definition) is 11. The Morgan fingerprint density at radius 1 is 1.42 bits per heavy atom. The van der Waals surface area contributed by atoms with Crippen molar-refractivity contribution in [2.45, 2.75) is 23.0 Å². The number of tetrazole rings is 1. The van der Waals surface area contributed by atoms with E-state index in [1.807, 2.05) is 0 Å². The molecule has 16 heteroatoms. The van der Waals surface area contributed by atoms with Crippen LogP contribution in [0.3, 0.4) is 0 Å². The second-order valence-corrected chi connectivity index (χ2v) is 9.15. The molecule has 2 aliphatic rings. The third-order valence-electron chi connectivity index (χ3n) is 4.91. The monoisotopic (exact) mass is 467 g/mol. The molecule has 0 spiro atoms. The Bertz CT molecular complexity index is 1080. The van der Waals surface area contributed by atoms with Crippen molar-refractivity contribution >= 4 is 41.3 Å². The molecule has 164 valence electrons. The number of aliphatic carboxylic acids is 1. The van der Waals surface area contributed by atoms with Gasteiger partial charge in [0.05, 0.1) is 0 Å². The van der Waals surface area contributed by atoms with E-state index in [0.29, 0.717) is 5.03 Å². The van der Waals surface area contributed by atoms with Gasteiger partial charge in [-0.2, -0.15) is 4.98 Å². The molecule has 2 aliphatic heterocycles. The van der Waals surface area contributed by atoms with E-state index in [4.69, 9.17) is 5.84 Å². The number of rotatable bonds is 7. The first-order valence-electron chi connectivity index (χ1n) is 8.92. The summed E-state index contributed by atoms with van der Waals surface area (Å²) in [5, 5.41) is 23.0. The number of thioether (sulfide) groups is 2. The van der Waals surface area contributed by atoms with Gasteiger partial charge in [0.1, 0.15) is 34.7 Å². The van der Waals surface area contributed by atoms with E-state index in [-0.39, 0.29) is 35.9 Å². The Morgan fingerprint density at radius 3 is 2.90 bits per heavy atom. The molecule has 2 aromatic rings. The maximum atomic E-state index is 12.6. The number of nitrogens with two attached hydrogens (primary N) is 1. The van der Waals surface area contributed by atoms with Gasteiger partial charge < -0.3 is 21.2 Å². The number of nitrogen functional groups attached to an aromatic ring is 1. The van der Waals surface area contributed by atoms with Gasteiger partial charge in [-0.3, -0.25) is 14.4 Å². The van der Waals surface area contributed by atoms with Crippen LogP contribution in [0.1, 0.15) is 0 Å². The molecule has 0 aliphatic carbocycles. The van der Waals surface area contributed by atoms with Crippen LogP contribution in [0, 0.1) is 5.41 Å². The largest absolute Gasteiger partial charge is 0.481 e. The molecule has 2 saturated heterocycles. The average molecular weight is 467 g/mol. The number of aromatic nitrogens is 6. The SMILES string of the molecule is Nn1ccc(SCC2(C(=O)O)CS[C@@H]3[C@H](NC(=O)Cn4cnnn4)C(=O)N3C2)nc1=O. The first kappa shape index (κ1) is 21.1. The summed E-state index contributed by atoms with van der Waals surface area (Å²) < 4.78 is 2.05. The molecule has 0 saturated carbocycles. The first-order valence-corrected chi connectivity index (χ1v) is 11.0. The van der Waals surface area contributed by atoms with Gasteiger partial charge in [-0.05, 0) is 16.5 Å². The van der Waals surface area contributed by atoms with Crippen molar-refractivity contribution in [2.75, 3.05) is 23.9 Å². The lowest BCUT2D eigenvalue weighted by Crippen LogP contribution is -2.74. The minimum atomic E-state index is -1.22. The smallest absolute Gasteiger partial charge is 0.366 e. The van der Waals surface area contributed by atoms with Crippen molar-refractivity contribution in [1.82, 2.24) is 40.1 Å². The predicted molar refractivity (Wildman–Crippen MR) is 107 cm³/mol. The number of fused-ring (bicyclic) bond motifs is 1. The number of nitrogens with one attached hydrogen (secondary N) is 1. The number of nitrogens with zero attached hydrogens (tertiary/aromatic N) is 7. The molecular weight excluding hydrogens is 450 g/mol. The summed E-state index contributed by atoms with van der Waals surface area (Å²) in [6, 6.07) is 0.790. The predicted octanol–water partition coefficient (Wildman–Crippen LogP) is -2.79. The summed E-state index contributed by atoms with van der Waals surface area (Å²) in [5.41, 5.74) is -1.87. The number of hydrogen-bond donors (Lipinski definition) is 3. The van der Waals surface area contributed by atoms with Crippen LogP contribution in [-0.4, -0.2) is 87.1 Å². The maximum absolute atomic E-state index is 12.6. The van der Waals surface area contributed by atoms with Crippen molar-refractivity contribution in [3.63, 3.8) is 0 Å². The Labute approximate surface area is 182 Å². The quantitative estimate of drug-likeness (QED) is 0.164. The van der Waals surface area contributed by atoms with E-state index < -0.39 is 29.0 Å². The Hall–Kier alpha value is -3.14. The summed E-state index contributed by atoms with van der Waals surface area (Å²) >= 11 is 2.41. The summed E-state index contributed by atoms with van der Waals surface area (Å²) in [4.78, 5) is 53.6. The highest BCUT2D eigenvalue weighted by Crippen LogP contribution is 2.44. The molecule has 2 aromatic heterocycles. The second-order valence-electron chi connectivity index (χ2n) is 7.05. The summed E-state index contributed by atoms with van der Waals surface area (Å²) in [7, 11) is 0. The lowest BCUT2D eigenvalue weighted by atomic mass is 9.89. The zero-order valence-electron chi connectivity index (χ0n) is 15.8. The normalized spacial score (nSPS) is 24.9. The fourth-order valence-electron chi connectivity index (χ4n) is 3.21. The van der Waals surface area contributed by atoms with Gasteiger partial charge in [-0.15, -0.1) is 28.6 Å². The molecule has 0 aromatic carbocycles. The molecule has 3 atom stereocenters. The van der Waals surface area contributed by atoms with E-state index in [2.05, 4.69) is 25.8 Å². The van der Waals surface area contributed by atoms with Gasteiger partial charge in [-0.1, -0.05) is 0 Å². The lowest BCUT2D eigenvalue weighted by molar-refractivity contribution is -0.157. The van der Waals surface area contributed by atoms with E-state index in [9.17, 15) is 24.3 Å². The van der Waals surface area contributed by atoms with Crippen molar-refractivity contribution < 1.29 is 19.5 Å². The summed E-state index contributed by atoms with van der Waals surface area (Å²) in [6.45, 7) is -0.127. The number of carboxylic acid groups (broad SMARTS) is 1. The van der Waals surface area contributed by atoms with E-state index in [0.717, 1.165) is 16.4 Å². The van der Waals surface area contributed by atoms with Crippen molar-refractivity contribution in [3.8, 4) is 0 Å². The van der Waals surface area contributed by atoms with Crippen molar-refractivity contribution in [1.29, 1.82) is 0 Å². The number of amides is 2. The molecule has 2 amide bonds. The van der Waals surface area contributed by atoms with Gasteiger partial charge in [0.15, 0.2) is 0 Å². The summed E-state index contributed by atoms with van der Waals surface area (Å²) in [5.74, 6) is 3.93. The average Bonchev–Trinajstić information content (AvgIpc) is 3.25. The zero-order chi connectivity index (χ0) is 22.2. The molecule has 0 radical (unpaired) electrons. The molecule has 14 nitrogen and oxygen atoms in total. The minimum Gasteiger partial charge on any atom is -0.481 e. The van der Waals surface area contributed by atoms with Gasteiger partial charge in [-0.25, -0.2) is 14.2 Å².